The minimum atomic E-state index is -0.639. The minimum Gasteiger partial charge on any atom is -0.462 e. The second-order valence-electron chi connectivity index (χ2n) is 7.56. The average molecular weight is 479 g/mol. The summed E-state index contributed by atoms with van der Waals surface area (Å²) in [6, 6.07) is 10.6. The number of nitrogens with zero attached hydrogens (tertiary/aromatic N) is 4. The van der Waals surface area contributed by atoms with Crippen LogP contribution in [0.5, 0.6) is 0 Å². The zero-order valence-electron chi connectivity index (χ0n) is 18.1. The molecule has 2 aromatic carbocycles. The van der Waals surface area contributed by atoms with E-state index in [1.807, 2.05) is 6.07 Å². The Labute approximate surface area is 197 Å². The van der Waals surface area contributed by atoms with Crippen LogP contribution in [0.1, 0.15) is 23.1 Å². The third kappa shape index (κ3) is 3.56. The number of halogens is 3. The van der Waals surface area contributed by atoms with E-state index in [0.29, 0.717) is 28.1 Å². The van der Waals surface area contributed by atoms with E-state index in [9.17, 15) is 13.6 Å². The van der Waals surface area contributed by atoms with Gasteiger partial charge in [0.05, 0.1) is 28.8 Å². The van der Waals surface area contributed by atoms with Gasteiger partial charge in [-0.1, -0.05) is 11.6 Å². The van der Waals surface area contributed by atoms with Gasteiger partial charge in [0.15, 0.2) is 0 Å². The monoisotopic (exact) mass is 478 g/mol. The van der Waals surface area contributed by atoms with Crippen LogP contribution in [-0.4, -0.2) is 32.1 Å². The molecular weight excluding hydrogens is 462 g/mol. The van der Waals surface area contributed by atoms with Crippen LogP contribution in [0, 0.1) is 18.6 Å². The molecule has 0 aliphatic heterocycles. The highest BCUT2D eigenvalue weighted by molar-refractivity contribution is 6.29. The van der Waals surface area contributed by atoms with Crippen molar-refractivity contribution < 1.29 is 18.3 Å². The van der Waals surface area contributed by atoms with E-state index < -0.39 is 17.6 Å². The fraction of sp³-hybridized carbons (Fsp3) is 0.120. The van der Waals surface area contributed by atoms with Crippen LogP contribution in [0.3, 0.4) is 0 Å². The Morgan fingerprint density at radius 2 is 1.76 bits per heavy atom. The molecule has 0 saturated heterocycles. The van der Waals surface area contributed by atoms with Crippen LogP contribution in [0.25, 0.3) is 38.8 Å². The Kier molecular flexibility index (Phi) is 5.45. The van der Waals surface area contributed by atoms with Crippen LogP contribution in [0.15, 0.2) is 54.9 Å². The van der Waals surface area contributed by atoms with Gasteiger partial charge in [0.2, 0.25) is 0 Å². The molecule has 34 heavy (non-hydrogen) atoms. The molecule has 5 aromatic rings. The maximum atomic E-state index is 14.9. The van der Waals surface area contributed by atoms with Gasteiger partial charge < -0.3 is 4.74 Å². The van der Waals surface area contributed by atoms with Gasteiger partial charge in [-0.2, -0.15) is 0 Å². The highest BCUT2D eigenvalue weighted by atomic mass is 35.5. The van der Waals surface area contributed by atoms with Gasteiger partial charge in [0.1, 0.15) is 33.6 Å². The van der Waals surface area contributed by atoms with Gasteiger partial charge in [0, 0.05) is 12.4 Å². The number of hydrogen-bond acceptors (Lipinski definition) is 5. The van der Waals surface area contributed by atoms with Crippen molar-refractivity contribution in [3.63, 3.8) is 0 Å². The fourth-order valence-corrected chi connectivity index (χ4v) is 4.25. The van der Waals surface area contributed by atoms with E-state index in [4.69, 9.17) is 16.3 Å². The summed E-state index contributed by atoms with van der Waals surface area (Å²) in [5.41, 5.74) is 2.77. The van der Waals surface area contributed by atoms with Gasteiger partial charge >= 0.3 is 5.97 Å². The lowest BCUT2D eigenvalue weighted by Gasteiger charge is -2.13. The SMILES string of the molecule is CCOC(=O)c1cc(-c2ccnc(Cl)c2)cc2c1nc(C)n2-c1ccnc2c(F)ccc(F)c12. The van der Waals surface area contributed by atoms with Crippen LogP contribution < -0.4 is 0 Å². The second kappa shape index (κ2) is 8.46. The van der Waals surface area contributed by atoms with Crippen molar-refractivity contribution in [2.24, 2.45) is 0 Å². The number of rotatable bonds is 4. The van der Waals surface area contributed by atoms with E-state index in [-0.39, 0.29) is 28.2 Å². The number of hydrogen-bond donors (Lipinski definition) is 0. The molecule has 0 bridgehead atoms. The van der Waals surface area contributed by atoms with Gasteiger partial charge in [-0.05, 0) is 67.4 Å². The number of fused-ring (bicyclic) bond motifs is 2. The zero-order chi connectivity index (χ0) is 24.0. The second-order valence-corrected chi connectivity index (χ2v) is 7.94. The first-order valence-corrected chi connectivity index (χ1v) is 10.8. The molecule has 6 nitrogen and oxygen atoms in total. The molecule has 0 amide bonds. The van der Waals surface area contributed by atoms with Gasteiger partial charge in [0.25, 0.3) is 0 Å². The number of aromatic nitrogens is 4. The maximum absolute atomic E-state index is 14.9. The van der Waals surface area contributed by atoms with E-state index in [2.05, 4.69) is 15.0 Å². The Balaban J connectivity index is 1.88. The summed E-state index contributed by atoms with van der Waals surface area (Å²) in [6.45, 7) is 3.62. The van der Waals surface area contributed by atoms with Crippen molar-refractivity contribution in [2.45, 2.75) is 13.8 Å². The quantitative estimate of drug-likeness (QED) is 0.232. The zero-order valence-corrected chi connectivity index (χ0v) is 18.9. The highest BCUT2D eigenvalue weighted by Crippen LogP contribution is 2.34. The summed E-state index contributed by atoms with van der Waals surface area (Å²) in [7, 11) is 0. The molecule has 0 aliphatic rings. The molecule has 3 aromatic heterocycles. The number of pyridine rings is 2. The van der Waals surface area contributed by atoms with Crippen molar-refractivity contribution in [3.8, 4) is 16.8 Å². The van der Waals surface area contributed by atoms with Crippen molar-refractivity contribution in [1.82, 2.24) is 19.5 Å². The number of carbonyl (C=O) groups excluding carboxylic acids is 1. The molecular formula is C25H17ClF2N4O2. The van der Waals surface area contributed by atoms with Crippen molar-refractivity contribution in [1.29, 1.82) is 0 Å². The van der Waals surface area contributed by atoms with E-state index in [0.717, 1.165) is 17.7 Å². The third-order valence-electron chi connectivity index (χ3n) is 5.49. The molecule has 0 N–H and O–H groups in total. The normalized spacial score (nSPS) is 11.3. The molecule has 0 unspecified atom stereocenters. The fourth-order valence-electron chi connectivity index (χ4n) is 4.07. The number of imidazole rings is 1. The summed E-state index contributed by atoms with van der Waals surface area (Å²) in [4.78, 5) is 25.5. The van der Waals surface area contributed by atoms with E-state index in [1.54, 1.807) is 48.9 Å². The first-order chi connectivity index (χ1) is 16.4. The number of esters is 1. The van der Waals surface area contributed by atoms with Crippen LogP contribution in [0.2, 0.25) is 5.15 Å². The number of benzene rings is 2. The first-order valence-electron chi connectivity index (χ1n) is 10.4. The minimum absolute atomic E-state index is 0.0138. The number of aryl methyl sites for hydroxylation is 1. The number of carbonyl (C=O) groups is 1. The van der Waals surface area contributed by atoms with Crippen molar-refractivity contribution >= 4 is 39.5 Å². The van der Waals surface area contributed by atoms with Gasteiger partial charge in [-0.25, -0.2) is 23.5 Å². The van der Waals surface area contributed by atoms with Crippen LogP contribution in [-0.2, 0) is 4.74 Å². The summed E-state index contributed by atoms with van der Waals surface area (Å²) >= 11 is 6.09. The molecule has 0 atom stereocenters. The topological polar surface area (TPSA) is 69.9 Å². The highest BCUT2D eigenvalue weighted by Gasteiger charge is 2.22. The Morgan fingerprint density at radius 3 is 2.53 bits per heavy atom. The molecule has 0 fully saturated rings. The van der Waals surface area contributed by atoms with Gasteiger partial charge in [-0.3, -0.25) is 9.55 Å². The molecule has 0 saturated carbocycles. The molecule has 0 radical (unpaired) electrons. The third-order valence-corrected chi connectivity index (χ3v) is 5.70. The molecule has 9 heteroatoms. The van der Waals surface area contributed by atoms with Crippen LogP contribution >= 0.6 is 11.6 Å². The van der Waals surface area contributed by atoms with Crippen molar-refractivity contribution in [2.75, 3.05) is 6.61 Å². The Bertz CT molecular complexity index is 1600. The maximum Gasteiger partial charge on any atom is 0.340 e. The summed E-state index contributed by atoms with van der Waals surface area (Å²) in [6.07, 6.45) is 2.97. The molecule has 5 rings (SSSR count). The predicted octanol–water partition coefficient (Wildman–Crippen LogP) is 6.05. The van der Waals surface area contributed by atoms with Crippen molar-refractivity contribution in [3.05, 3.63) is 83.0 Å². The summed E-state index contributed by atoms with van der Waals surface area (Å²) in [5, 5.41) is 0.303. The molecule has 0 spiro atoms. The van der Waals surface area contributed by atoms with Crippen LogP contribution in [0.4, 0.5) is 8.78 Å². The smallest absolute Gasteiger partial charge is 0.340 e. The lowest BCUT2D eigenvalue weighted by molar-refractivity contribution is 0.0528. The number of ether oxygens (including phenoxy) is 1. The first kappa shape index (κ1) is 21.9. The van der Waals surface area contributed by atoms with E-state index >= 15 is 0 Å². The largest absolute Gasteiger partial charge is 0.462 e. The lowest BCUT2D eigenvalue weighted by Crippen LogP contribution is -2.06. The average Bonchev–Trinajstić information content (AvgIpc) is 3.16. The Hall–Kier alpha value is -3.91. The Morgan fingerprint density at radius 1 is 1.00 bits per heavy atom. The van der Waals surface area contributed by atoms with Gasteiger partial charge in [-0.15, -0.1) is 0 Å². The standard InChI is InChI=1S/C25H17ClF2N4O2/c1-3-34-25(33)16-10-15(14-6-8-29-21(26)12-14)11-20-23(16)31-13(2)32(20)19-7-9-30-24-18(28)5-4-17(27)22(19)24/h4-12H,3H2,1-2H3. The molecule has 3 heterocycles. The lowest BCUT2D eigenvalue weighted by atomic mass is 10.0. The van der Waals surface area contributed by atoms with E-state index in [1.165, 1.54) is 6.20 Å². The molecule has 0 aliphatic carbocycles. The molecule has 170 valence electrons. The summed E-state index contributed by atoms with van der Waals surface area (Å²) in [5.74, 6) is -1.33. The predicted molar refractivity (Wildman–Crippen MR) is 125 cm³/mol. The summed E-state index contributed by atoms with van der Waals surface area (Å²) < 4.78 is 36.3.